The molecule has 0 spiro atoms. The fourth-order valence-corrected chi connectivity index (χ4v) is 3.62. The maximum Gasteiger partial charge on any atom is 0.154 e. The highest BCUT2D eigenvalue weighted by Gasteiger charge is 2.22. The van der Waals surface area contributed by atoms with E-state index in [1.165, 1.54) is 6.21 Å². The van der Waals surface area contributed by atoms with Crippen LogP contribution in [0.1, 0.15) is 30.9 Å². The first-order valence-corrected chi connectivity index (χ1v) is 10.5. The van der Waals surface area contributed by atoms with Crippen LogP contribution in [-0.2, 0) is 0 Å². The van der Waals surface area contributed by atoms with E-state index in [2.05, 4.69) is 51.6 Å². The lowest BCUT2D eigenvalue weighted by Gasteiger charge is -2.36. The van der Waals surface area contributed by atoms with Crippen LogP contribution in [0.3, 0.4) is 0 Å². The molecule has 1 saturated heterocycles. The third kappa shape index (κ3) is 5.03. The van der Waals surface area contributed by atoms with Gasteiger partial charge in [-0.2, -0.15) is 5.10 Å². The monoisotopic (exact) mass is 416 g/mol. The first-order chi connectivity index (χ1) is 15.0. The summed E-state index contributed by atoms with van der Waals surface area (Å²) in [6.07, 6.45) is 6.80. The molecule has 0 aliphatic carbocycles. The van der Waals surface area contributed by atoms with Gasteiger partial charge in [-0.25, -0.2) is 4.98 Å². The Morgan fingerprint density at radius 2 is 2.03 bits per heavy atom. The Balaban J connectivity index is 1.52. The van der Waals surface area contributed by atoms with Crippen molar-refractivity contribution >= 4 is 34.5 Å². The summed E-state index contributed by atoms with van der Waals surface area (Å²) in [4.78, 5) is 11.5. The van der Waals surface area contributed by atoms with Crippen molar-refractivity contribution in [3.8, 4) is 0 Å². The molecule has 8 heteroatoms. The van der Waals surface area contributed by atoms with Crippen LogP contribution in [0.15, 0.2) is 42.9 Å². The molecule has 8 nitrogen and oxygen atoms in total. The predicted octanol–water partition coefficient (Wildman–Crippen LogP) is 3.43. The van der Waals surface area contributed by atoms with Crippen LogP contribution in [0.4, 0.5) is 11.6 Å². The van der Waals surface area contributed by atoms with Gasteiger partial charge in [-0.05, 0) is 42.8 Å². The molecule has 1 fully saturated rings. The fourth-order valence-electron chi connectivity index (χ4n) is 3.62. The minimum absolute atomic E-state index is 0.373. The Kier molecular flexibility index (Phi) is 6.18. The molecule has 0 aromatic carbocycles. The van der Waals surface area contributed by atoms with Crippen LogP contribution in [0, 0.1) is 11.3 Å². The molecular formula is C23H28N8. The molecule has 0 atom stereocenters. The number of nitrogens with one attached hydrogen (secondary N) is 3. The number of pyridine rings is 2. The number of nitrogens with zero attached hydrogens (tertiary/aromatic N) is 5. The third-order valence-electron chi connectivity index (χ3n) is 5.43. The zero-order valence-corrected chi connectivity index (χ0v) is 18.1. The molecule has 0 saturated carbocycles. The van der Waals surface area contributed by atoms with E-state index < -0.39 is 0 Å². The molecule has 31 heavy (non-hydrogen) atoms. The number of aromatic nitrogens is 4. The number of hydrogen-bond acceptors (Lipinski definition) is 8. The van der Waals surface area contributed by atoms with Crippen LogP contribution in [-0.4, -0.2) is 58.0 Å². The number of rotatable bonds is 8. The molecule has 4 heterocycles. The van der Waals surface area contributed by atoms with Gasteiger partial charge in [-0.1, -0.05) is 13.8 Å². The lowest BCUT2D eigenvalue weighted by molar-refractivity contribution is 0.136. The summed E-state index contributed by atoms with van der Waals surface area (Å²) in [5, 5.41) is 22.6. The van der Waals surface area contributed by atoms with Gasteiger partial charge in [0.2, 0.25) is 0 Å². The molecule has 0 unspecified atom stereocenters. The van der Waals surface area contributed by atoms with Gasteiger partial charge in [0.25, 0.3) is 0 Å². The predicted molar refractivity (Wildman–Crippen MR) is 125 cm³/mol. The van der Waals surface area contributed by atoms with Gasteiger partial charge < -0.3 is 20.9 Å². The zero-order valence-electron chi connectivity index (χ0n) is 18.1. The Morgan fingerprint density at radius 1 is 1.19 bits per heavy atom. The summed E-state index contributed by atoms with van der Waals surface area (Å²) >= 11 is 0. The van der Waals surface area contributed by atoms with Gasteiger partial charge in [0, 0.05) is 55.3 Å². The summed E-state index contributed by atoms with van der Waals surface area (Å²) in [5.41, 5.74) is 4.30. The van der Waals surface area contributed by atoms with Gasteiger partial charge in [-0.3, -0.25) is 4.98 Å². The fraction of sp³-hybridized carbons (Fsp3) is 0.348. The summed E-state index contributed by atoms with van der Waals surface area (Å²) in [7, 11) is 2.12. The van der Waals surface area contributed by atoms with Crippen LogP contribution in [0.5, 0.6) is 0 Å². The quantitative estimate of drug-likeness (QED) is 0.484. The molecule has 3 aromatic heterocycles. The Hall–Kier alpha value is -3.39. The van der Waals surface area contributed by atoms with Crippen LogP contribution >= 0.6 is 0 Å². The van der Waals surface area contributed by atoms with Crippen molar-refractivity contribution in [3.63, 3.8) is 0 Å². The second-order valence-corrected chi connectivity index (χ2v) is 8.35. The molecule has 3 aromatic rings. The van der Waals surface area contributed by atoms with E-state index in [0.717, 1.165) is 47.4 Å². The van der Waals surface area contributed by atoms with Gasteiger partial charge in [0.1, 0.15) is 5.82 Å². The SMILES string of the molecule is CC(C)c1cnnc(Nc2ccc3ncc(/C(C=N)=C/NCC4CN(C)C4)cc3n2)c1. The molecular weight excluding hydrogens is 388 g/mol. The molecule has 160 valence electrons. The van der Waals surface area contributed by atoms with Crippen molar-refractivity contribution in [2.24, 2.45) is 5.92 Å². The number of likely N-dealkylation sites (tertiary alicyclic amines) is 1. The standard InChI is InChI=1S/C23H28N8/c1-15(2)17-7-23(30-27-12-17)29-22-5-4-20-21(28-22)6-18(11-26-20)19(8-24)10-25-9-16-13-31(3)14-16/h4-8,10-12,15-16,24-25H,9,13-14H2,1-3H3,(H,28,29,30)/b19-10+,24-8?. The first-order valence-electron chi connectivity index (χ1n) is 10.5. The summed E-state index contributed by atoms with van der Waals surface area (Å²) in [6.45, 7) is 7.38. The van der Waals surface area contributed by atoms with Crippen LogP contribution < -0.4 is 10.6 Å². The Bertz CT molecular complexity index is 1100. The van der Waals surface area contributed by atoms with Crippen molar-refractivity contribution in [2.75, 3.05) is 32.0 Å². The summed E-state index contributed by atoms with van der Waals surface area (Å²) < 4.78 is 0. The molecule has 3 N–H and O–H groups in total. The zero-order chi connectivity index (χ0) is 21.8. The second kappa shape index (κ2) is 9.18. The normalized spacial score (nSPS) is 15.2. The van der Waals surface area contributed by atoms with Crippen molar-refractivity contribution < 1.29 is 0 Å². The topological polar surface area (TPSA) is 103 Å². The second-order valence-electron chi connectivity index (χ2n) is 8.35. The van der Waals surface area contributed by atoms with Gasteiger partial charge in [0.05, 0.1) is 17.2 Å². The van der Waals surface area contributed by atoms with E-state index in [-0.39, 0.29) is 0 Å². The highest BCUT2D eigenvalue weighted by atomic mass is 15.2. The van der Waals surface area contributed by atoms with Gasteiger partial charge >= 0.3 is 0 Å². The Morgan fingerprint density at radius 3 is 2.77 bits per heavy atom. The Labute approximate surface area is 182 Å². The average Bonchev–Trinajstić information content (AvgIpc) is 2.75. The highest BCUT2D eigenvalue weighted by molar-refractivity contribution is 6.08. The smallest absolute Gasteiger partial charge is 0.154 e. The van der Waals surface area contributed by atoms with E-state index in [1.54, 1.807) is 12.4 Å². The summed E-state index contributed by atoms with van der Waals surface area (Å²) in [5.74, 6) is 2.37. The molecule has 1 aliphatic heterocycles. The van der Waals surface area contributed by atoms with E-state index in [1.807, 2.05) is 30.5 Å². The third-order valence-corrected chi connectivity index (χ3v) is 5.43. The van der Waals surface area contributed by atoms with Crippen LogP contribution in [0.25, 0.3) is 16.6 Å². The van der Waals surface area contributed by atoms with E-state index >= 15 is 0 Å². The molecule has 0 radical (unpaired) electrons. The molecule has 0 bridgehead atoms. The largest absolute Gasteiger partial charge is 0.390 e. The number of anilines is 2. The van der Waals surface area contributed by atoms with Gasteiger partial charge in [0.15, 0.2) is 5.82 Å². The van der Waals surface area contributed by atoms with Crippen LogP contribution in [0.2, 0.25) is 0 Å². The molecule has 4 rings (SSSR count). The molecule has 0 amide bonds. The molecule has 1 aliphatic rings. The lowest BCUT2D eigenvalue weighted by atomic mass is 10.0. The maximum atomic E-state index is 7.81. The highest BCUT2D eigenvalue weighted by Crippen LogP contribution is 2.22. The van der Waals surface area contributed by atoms with E-state index in [9.17, 15) is 0 Å². The number of fused-ring (bicyclic) bond motifs is 1. The van der Waals surface area contributed by atoms with Gasteiger partial charge in [-0.15, -0.1) is 5.10 Å². The lowest BCUT2D eigenvalue weighted by Crippen LogP contribution is -2.47. The van der Waals surface area contributed by atoms with E-state index in [0.29, 0.717) is 23.5 Å². The first kappa shape index (κ1) is 20.9. The van der Waals surface area contributed by atoms with Crippen molar-refractivity contribution in [1.29, 1.82) is 5.41 Å². The average molecular weight is 417 g/mol. The number of hydrogen-bond donors (Lipinski definition) is 3. The summed E-state index contributed by atoms with van der Waals surface area (Å²) in [6, 6.07) is 7.75. The minimum Gasteiger partial charge on any atom is -0.390 e. The van der Waals surface area contributed by atoms with Crippen molar-refractivity contribution in [3.05, 3.63) is 54.0 Å². The van der Waals surface area contributed by atoms with Crippen molar-refractivity contribution in [1.82, 2.24) is 30.4 Å². The minimum atomic E-state index is 0.373. The van der Waals surface area contributed by atoms with Crippen molar-refractivity contribution in [2.45, 2.75) is 19.8 Å². The maximum absolute atomic E-state index is 7.81. The number of allylic oxidation sites excluding steroid dienone is 1. The van der Waals surface area contributed by atoms with E-state index in [4.69, 9.17) is 10.4 Å².